The lowest BCUT2D eigenvalue weighted by molar-refractivity contribution is -0.384. The van der Waals surface area contributed by atoms with Crippen molar-refractivity contribution in [1.82, 2.24) is 15.0 Å². The number of nitro groups is 1. The molecule has 154 valence electrons. The molecule has 31 heavy (non-hydrogen) atoms. The minimum atomic E-state index is -0.525. The van der Waals surface area contributed by atoms with Gasteiger partial charge in [-0.1, -0.05) is 42.5 Å². The zero-order valence-corrected chi connectivity index (χ0v) is 16.8. The molecule has 9 nitrogen and oxygen atoms in total. The van der Waals surface area contributed by atoms with Crippen molar-refractivity contribution in [3.05, 3.63) is 93.0 Å². The number of amides is 1. The number of carbonyl (C=O) groups is 1. The molecule has 0 saturated heterocycles. The van der Waals surface area contributed by atoms with Crippen LogP contribution in [0.5, 0.6) is 0 Å². The fourth-order valence-electron chi connectivity index (χ4n) is 2.90. The first-order chi connectivity index (χ1) is 15.0. The van der Waals surface area contributed by atoms with Crippen molar-refractivity contribution >= 4 is 39.4 Å². The van der Waals surface area contributed by atoms with E-state index in [0.717, 1.165) is 10.4 Å². The SMILES string of the molecule is O=C(Cn1cnc2sc(-c3ccccc3)cc2c1=O)N/N=C/c1cccc([N+](=O)[O-])c1. The average molecular weight is 433 g/mol. The van der Waals surface area contributed by atoms with Gasteiger partial charge in [0.1, 0.15) is 11.4 Å². The molecule has 0 aliphatic heterocycles. The van der Waals surface area contributed by atoms with Crippen LogP contribution in [0.2, 0.25) is 0 Å². The Morgan fingerprint density at radius 1 is 1.19 bits per heavy atom. The van der Waals surface area contributed by atoms with Gasteiger partial charge in [0.05, 0.1) is 22.9 Å². The van der Waals surface area contributed by atoms with E-state index in [-0.39, 0.29) is 17.8 Å². The first kappa shape index (κ1) is 20.1. The van der Waals surface area contributed by atoms with E-state index in [4.69, 9.17) is 0 Å². The van der Waals surface area contributed by atoms with E-state index >= 15 is 0 Å². The highest BCUT2D eigenvalue weighted by molar-refractivity contribution is 7.21. The van der Waals surface area contributed by atoms with Crippen molar-refractivity contribution in [2.75, 3.05) is 0 Å². The second-order valence-electron chi connectivity index (χ2n) is 6.52. The Kier molecular flexibility index (Phi) is 5.63. The predicted molar refractivity (Wildman–Crippen MR) is 118 cm³/mol. The number of hydrazone groups is 1. The Balaban J connectivity index is 1.47. The van der Waals surface area contributed by atoms with Crippen LogP contribution in [0, 0.1) is 10.1 Å². The summed E-state index contributed by atoms with van der Waals surface area (Å²) in [4.78, 5) is 41.0. The fraction of sp³-hybridized carbons (Fsp3) is 0.0476. The number of carbonyl (C=O) groups excluding carboxylic acids is 1. The zero-order valence-electron chi connectivity index (χ0n) is 16.0. The number of hydrogen-bond acceptors (Lipinski definition) is 7. The topological polar surface area (TPSA) is 119 Å². The molecular formula is C21H15N5O4S. The largest absolute Gasteiger partial charge is 0.289 e. The maximum Gasteiger partial charge on any atom is 0.270 e. The van der Waals surface area contributed by atoms with Gasteiger partial charge in [-0.25, -0.2) is 10.4 Å². The molecule has 0 aliphatic carbocycles. The van der Waals surface area contributed by atoms with Gasteiger partial charge < -0.3 is 0 Å². The molecule has 0 unspecified atom stereocenters. The van der Waals surface area contributed by atoms with Gasteiger partial charge in [0.2, 0.25) is 0 Å². The molecule has 4 aromatic rings. The third-order valence-electron chi connectivity index (χ3n) is 4.37. The van der Waals surface area contributed by atoms with E-state index in [2.05, 4.69) is 15.5 Å². The van der Waals surface area contributed by atoms with E-state index in [1.54, 1.807) is 12.1 Å². The van der Waals surface area contributed by atoms with E-state index in [1.165, 1.54) is 46.6 Å². The van der Waals surface area contributed by atoms with Gasteiger partial charge in [0, 0.05) is 22.6 Å². The number of nitrogens with zero attached hydrogens (tertiary/aromatic N) is 4. The third kappa shape index (κ3) is 4.54. The van der Waals surface area contributed by atoms with Crippen LogP contribution in [0.1, 0.15) is 5.56 Å². The van der Waals surface area contributed by atoms with Crippen molar-refractivity contribution in [2.24, 2.45) is 5.10 Å². The standard InChI is InChI=1S/C21H15N5O4S/c27-19(24-23-11-14-5-4-8-16(9-14)26(29)30)12-25-13-22-20-17(21(25)28)10-18(31-20)15-6-2-1-3-7-15/h1-11,13H,12H2,(H,24,27)/b23-11+. The Bertz CT molecular complexity index is 1360. The minimum Gasteiger partial charge on any atom is -0.289 e. The predicted octanol–water partition coefficient (Wildman–Crippen LogP) is 3.18. The lowest BCUT2D eigenvalue weighted by Crippen LogP contribution is -2.29. The molecular weight excluding hydrogens is 418 g/mol. The normalized spacial score (nSPS) is 11.1. The van der Waals surface area contributed by atoms with Gasteiger partial charge >= 0.3 is 0 Å². The number of fused-ring (bicyclic) bond motifs is 1. The van der Waals surface area contributed by atoms with Gasteiger partial charge in [-0.2, -0.15) is 5.10 Å². The molecule has 0 fully saturated rings. The quantitative estimate of drug-likeness (QED) is 0.284. The molecule has 0 radical (unpaired) electrons. The first-order valence-electron chi connectivity index (χ1n) is 9.12. The summed E-state index contributed by atoms with van der Waals surface area (Å²) in [5.41, 5.74) is 3.37. The van der Waals surface area contributed by atoms with E-state index in [1.807, 2.05) is 30.3 Å². The number of nitrogens with one attached hydrogen (secondary N) is 1. The average Bonchev–Trinajstić information content (AvgIpc) is 3.22. The highest BCUT2D eigenvalue weighted by atomic mass is 32.1. The summed E-state index contributed by atoms with van der Waals surface area (Å²) in [7, 11) is 0. The second kappa shape index (κ2) is 8.67. The monoisotopic (exact) mass is 433 g/mol. The number of aromatic nitrogens is 2. The van der Waals surface area contributed by atoms with Crippen LogP contribution >= 0.6 is 11.3 Å². The maximum absolute atomic E-state index is 12.8. The third-order valence-corrected chi connectivity index (χ3v) is 5.47. The lowest BCUT2D eigenvalue weighted by Gasteiger charge is -2.03. The summed E-state index contributed by atoms with van der Waals surface area (Å²) in [6, 6.07) is 17.3. The van der Waals surface area contributed by atoms with Crippen LogP contribution < -0.4 is 11.0 Å². The molecule has 1 N–H and O–H groups in total. The van der Waals surface area contributed by atoms with Crippen molar-refractivity contribution < 1.29 is 9.72 Å². The highest BCUT2D eigenvalue weighted by Crippen LogP contribution is 2.30. The zero-order chi connectivity index (χ0) is 21.8. The number of benzene rings is 2. The number of nitro benzene ring substituents is 1. The fourth-order valence-corrected chi connectivity index (χ4v) is 3.90. The Morgan fingerprint density at radius 2 is 2.00 bits per heavy atom. The number of rotatable bonds is 6. The molecule has 10 heteroatoms. The molecule has 2 heterocycles. The van der Waals surface area contributed by atoms with Crippen LogP contribution in [0.15, 0.2) is 76.9 Å². The molecule has 1 amide bonds. The molecule has 2 aromatic carbocycles. The molecule has 0 saturated carbocycles. The Labute approximate surface area is 179 Å². The van der Waals surface area contributed by atoms with Gasteiger partial charge in [-0.05, 0) is 11.6 Å². The Hall–Kier alpha value is -4.18. The summed E-state index contributed by atoms with van der Waals surface area (Å²) in [6.07, 6.45) is 2.62. The van der Waals surface area contributed by atoms with Gasteiger partial charge in [-0.15, -0.1) is 11.3 Å². The summed E-state index contributed by atoms with van der Waals surface area (Å²) < 4.78 is 1.21. The molecule has 0 bridgehead atoms. The van der Waals surface area contributed by atoms with Crippen LogP contribution in [0.3, 0.4) is 0 Å². The number of hydrogen-bond donors (Lipinski definition) is 1. The smallest absolute Gasteiger partial charge is 0.270 e. The minimum absolute atomic E-state index is 0.0770. The van der Waals surface area contributed by atoms with Gasteiger partial charge in [0.15, 0.2) is 0 Å². The van der Waals surface area contributed by atoms with E-state index < -0.39 is 10.8 Å². The summed E-state index contributed by atoms with van der Waals surface area (Å²) >= 11 is 1.41. The lowest BCUT2D eigenvalue weighted by atomic mass is 10.2. The van der Waals surface area contributed by atoms with Crippen LogP contribution in [0.4, 0.5) is 5.69 Å². The summed E-state index contributed by atoms with van der Waals surface area (Å²) in [5.74, 6) is -0.525. The van der Waals surface area contributed by atoms with Gasteiger partial charge in [0.25, 0.3) is 17.2 Å². The maximum atomic E-state index is 12.8. The summed E-state index contributed by atoms with van der Waals surface area (Å²) in [6.45, 7) is -0.259. The number of non-ortho nitro benzene ring substituents is 1. The second-order valence-corrected chi connectivity index (χ2v) is 7.55. The van der Waals surface area contributed by atoms with Crippen molar-refractivity contribution in [3.63, 3.8) is 0 Å². The van der Waals surface area contributed by atoms with Crippen LogP contribution in [0.25, 0.3) is 20.7 Å². The van der Waals surface area contributed by atoms with E-state index in [0.29, 0.717) is 15.8 Å². The first-order valence-corrected chi connectivity index (χ1v) is 9.94. The Morgan fingerprint density at radius 3 is 2.77 bits per heavy atom. The molecule has 2 aromatic heterocycles. The molecule has 4 rings (SSSR count). The molecule has 0 aliphatic rings. The molecule has 0 atom stereocenters. The van der Waals surface area contributed by atoms with Gasteiger partial charge in [-0.3, -0.25) is 24.3 Å². The summed E-state index contributed by atoms with van der Waals surface area (Å²) in [5, 5.41) is 15.0. The van der Waals surface area contributed by atoms with E-state index in [9.17, 15) is 19.7 Å². The molecule has 0 spiro atoms. The number of thiophene rings is 1. The van der Waals surface area contributed by atoms with Crippen molar-refractivity contribution in [1.29, 1.82) is 0 Å². The van der Waals surface area contributed by atoms with Crippen molar-refractivity contribution in [2.45, 2.75) is 6.54 Å². The van der Waals surface area contributed by atoms with Crippen LogP contribution in [-0.4, -0.2) is 26.6 Å². The van der Waals surface area contributed by atoms with Crippen LogP contribution in [-0.2, 0) is 11.3 Å². The highest BCUT2D eigenvalue weighted by Gasteiger charge is 2.12. The van der Waals surface area contributed by atoms with Crippen molar-refractivity contribution in [3.8, 4) is 10.4 Å².